The van der Waals surface area contributed by atoms with E-state index in [1.165, 1.54) is 101 Å². The number of aliphatic hydroxyl groups is 1. The number of ether oxygens (including phenoxy) is 3. The number of hydrogen-bond donors (Lipinski definition) is 5. The fourth-order valence-corrected chi connectivity index (χ4v) is 10.6. The number of β-lactam (4-membered cyclic amide) rings is 1. The lowest BCUT2D eigenvalue weighted by atomic mass is 9.79. The summed E-state index contributed by atoms with van der Waals surface area (Å²) in [5.41, 5.74) is 0.324. The number of amides is 6. The summed E-state index contributed by atoms with van der Waals surface area (Å²) >= 11 is 1.12. The Hall–Kier alpha value is -8.73. The number of carbonyl (C=O) groups is 7. The van der Waals surface area contributed by atoms with Crippen molar-refractivity contribution in [3.8, 4) is 0 Å². The number of thioether (sulfide) groups is 1. The van der Waals surface area contributed by atoms with Gasteiger partial charge in [-0.2, -0.15) is 0 Å². The van der Waals surface area contributed by atoms with E-state index in [0.29, 0.717) is 21.6 Å². The molecule has 0 aromatic heterocycles. The number of fused-ring (bicyclic) bond motifs is 1. The minimum Gasteiger partial charge on any atom is -0.477 e. The van der Waals surface area contributed by atoms with Crippen LogP contribution >= 0.6 is 11.8 Å². The number of alkyl carbamates (subject to hydrolysis) is 1. The number of carbonyl (C=O) groups excluding carboxylic acids is 6. The molecule has 76 heavy (non-hydrogen) atoms. The largest absolute Gasteiger partial charge is 0.477 e. The van der Waals surface area contributed by atoms with Gasteiger partial charge in [-0.1, -0.05) is 6.92 Å². The number of guanidine groups is 1. The Morgan fingerprint density at radius 2 is 1.33 bits per heavy atom. The fourth-order valence-electron chi connectivity index (χ4n) is 9.08. The number of likely N-dealkylation sites (tertiary alicyclic amines) is 2. The molecule has 0 radical (unpaired) electrons. The van der Waals surface area contributed by atoms with Crippen LogP contribution in [0.5, 0.6) is 0 Å². The Morgan fingerprint density at radius 1 is 0.803 bits per heavy atom. The van der Waals surface area contributed by atoms with Crippen molar-refractivity contribution in [1.82, 2.24) is 30.7 Å². The lowest BCUT2D eigenvalue weighted by molar-refractivity contribution is -0.385. The van der Waals surface area contributed by atoms with Crippen molar-refractivity contribution >= 4 is 76.8 Å². The topological polar surface area (TPSA) is 375 Å². The maximum absolute atomic E-state index is 14.4. The van der Waals surface area contributed by atoms with Crippen LogP contribution in [0.1, 0.15) is 50.3 Å². The second-order valence-corrected chi connectivity index (χ2v) is 19.4. The average Bonchev–Trinajstić information content (AvgIpc) is 4.10. The number of rotatable bonds is 17. The SMILES string of the molecule is C[C@H](NC(=NC(=O)OCc1ccc([N+](=O)[O-])cc1)NC(=O)OCc1ccc([N+](=O)[O-])cc1)C(=O)N[C@H]1CCN(C(=O)[C@@H]2C[C@H](SC3=C(C(=O)O)N4C(=O)[C@H]([C@@H](C)O)[C@H]4[C@H]3C)CN2C(=O)OCc2ccc([N+](=O)[O-])cc2)C1. The molecule has 5 N–H and O–H groups in total. The van der Waals surface area contributed by atoms with Crippen LogP contribution in [0.2, 0.25) is 0 Å². The number of carboxylic acids is 1. The highest BCUT2D eigenvalue weighted by atomic mass is 32.2. The molecule has 3 aromatic rings. The van der Waals surface area contributed by atoms with E-state index in [4.69, 9.17) is 14.2 Å². The Labute approximate surface area is 434 Å². The van der Waals surface area contributed by atoms with Crippen molar-refractivity contribution in [2.75, 3.05) is 19.6 Å². The lowest BCUT2D eigenvalue weighted by Gasteiger charge is -2.46. The number of benzene rings is 3. The Morgan fingerprint density at radius 3 is 1.84 bits per heavy atom. The molecule has 28 nitrogen and oxygen atoms in total. The van der Waals surface area contributed by atoms with Gasteiger partial charge in [0.15, 0.2) is 0 Å². The van der Waals surface area contributed by atoms with Crippen LogP contribution in [0.4, 0.5) is 31.4 Å². The van der Waals surface area contributed by atoms with Gasteiger partial charge in [-0.05, 0) is 79.8 Å². The van der Waals surface area contributed by atoms with Crippen molar-refractivity contribution in [2.24, 2.45) is 16.8 Å². The third kappa shape index (κ3) is 12.8. The second kappa shape index (κ2) is 23.6. The molecule has 3 fully saturated rings. The van der Waals surface area contributed by atoms with Crippen molar-refractivity contribution in [3.05, 3.63) is 130 Å². The molecule has 3 aromatic carbocycles. The number of aliphatic hydroxyl groups excluding tert-OH is 1. The maximum Gasteiger partial charge on any atom is 0.437 e. The van der Waals surface area contributed by atoms with Crippen molar-refractivity contribution in [2.45, 2.75) is 89.0 Å². The Balaban J connectivity index is 1.01. The number of nitro groups is 3. The summed E-state index contributed by atoms with van der Waals surface area (Å²) in [6, 6.07) is 11.8. The van der Waals surface area contributed by atoms with Crippen LogP contribution in [0.25, 0.3) is 0 Å². The molecular weight excluding hydrogens is 1020 g/mol. The zero-order valence-electron chi connectivity index (χ0n) is 40.7. The van der Waals surface area contributed by atoms with Crippen LogP contribution in [-0.2, 0) is 53.2 Å². The first kappa shape index (κ1) is 55.0. The molecule has 4 aliphatic heterocycles. The van der Waals surface area contributed by atoms with Gasteiger partial charge >= 0.3 is 24.2 Å². The number of hydrogen-bond acceptors (Lipinski definition) is 18. The van der Waals surface area contributed by atoms with E-state index < -0.39 is 110 Å². The van der Waals surface area contributed by atoms with Gasteiger partial charge in [-0.25, -0.2) is 19.2 Å². The van der Waals surface area contributed by atoms with Gasteiger partial charge in [0.2, 0.25) is 23.7 Å². The first-order valence-corrected chi connectivity index (χ1v) is 24.3. The van der Waals surface area contributed by atoms with Crippen LogP contribution in [-0.4, -0.2) is 143 Å². The number of aliphatic carboxylic acids is 1. The third-order valence-electron chi connectivity index (χ3n) is 12.9. The minimum absolute atomic E-state index is 0.0217. The van der Waals surface area contributed by atoms with E-state index in [1.54, 1.807) is 6.92 Å². The summed E-state index contributed by atoms with van der Waals surface area (Å²) in [5, 5.41) is 60.9. The fraction of sp³-hybridized carbons (Fsp3) is 0.404. The predicted molar refractivity (Wildman–Crippen MR) is 262 cm³/mol. The molecular formula is C47H50N10O18S. The molecule has 0 saturated carbocycles. The zero-order valence-corrected chi connectivity index (χ0v) is 41.5. The normalized spacial score (nSPS) is 21.7. The summed E-state index contributed by atoms with van der Waals surface area (Å²) in [6.45, 7) is 3.48. The van der Waals surface area contributed by atoms with Gasteiger partial charge in [0.1, 0.15) is 37.6 Å². The number of nitrogens with zero attached hydrogens (tertiary/aromatic N) is 7. The highest BCUT2D eigenvalue weighted by Gasteiger charge is 2.60. The molecule has 0 unspecified atom stereocenters. The van der Waals surface area contributed by atoms with Gasteiger partial charge in [0.05, 0.1) is 32.8 Å². The standard InChI is InChI=1S/C47H50N10O18S/c1-24-37-36(26(3)58)42(61)54(37)38(43(62)63)39(24)76-34-18-35(53(20-34)47(66)75-23-29-8-14-33(15-9-29)57(71)72)41(60)52-17-16-30(19-52)49-40(59)25(2)48-44(50-45(64)73-21-27-4-10-31(11-5-27)55(67)68)51-46(65)74-22-28-6-12-32(13-7-28)56(69)70/h4-15,24-26,30,34-37,58H,16-23H2,1-3H3,(H,49,59)(H,62,63)(H2,48,50,51,64,65)/t24-,25+,26-,30+,34+,35+,36-,37-/m1/s1. The minimum atomic E-state index is -1.35. The molecule has 402 valence electrons. The van der Waals surface area contributed by atoms with Crippen molar-refractivity contribution < 1.29 is 72.8 Å². The van der Waals surface area contributed by atoms with E-state index in [2.05, 4.69) is 20.9 Å². The van der Waals surface area contributed by atoms with Crippen molar-refractivity contribution in [3.63, 3.8) is 0 Å². The molecule has 7 rings (SSSR count). The monoisotopic (exact) mass is 1070 g/mol. The van der Waals surface area contributed by atoms with Gasteiger partial charge in [-0.15, -0.1) is 16.8 Å². The molecule has 29 heteroatoms. The van der Waals surface area contributed by atoms with Crippen LogP contribution < -0.4 is 16.0 Å². The predicted octanol–water partition coefficient (Wildman–Crippen LogP) is 3.69. The van der Waals surface area contributed by atoms with Gasteiger partial charge < -0.3 is 44.9 Å². The van der Waals surface area contributed by atoms with E-state index in [1.807, 2.05) is 0 Å². The maximum atomic E-state index is 14.4. The number of non-ortho nitro benzene ring substituents is 3. The van der Waals surface area contributed by atoms with Crippen LogP contribution in [0.15, 0.2) is 88.4 Å². The highest BCUT2D eigenvalue weighted by molar-refractivity contribution is 8.03. The van der Waals surface area contributed by atoms with E-state index in [-0.39, 0.29) is 75.1 Å². The van der Waals surface area contributed by atoms with Gasteiger partial charge in [-0.3, -0.25) is 54.9 Å². The van der Waals surface area contributed by atoms with Gasteiger partial charge in [0, 0.05) is 78.1 Å². The van der Waals surface area contributed by atoms with E-state index in [0.717, 1.165) is 11.8 Å². The summed E-state index contributed by atoms with van der Waals surface area (Å²) < 4.78 is 15.9. The number of nitro benzene ring substituents is 3. The first-order valence-electron chi connectivity index (χ1n) is 23.4. The average molecular weight is 1080 g/mol. The number of nitrogens with one attached hydrogen (secondary N) is 3. The molecule has 3 saturated heterocycles. The molecule has 4 aliphatic rings. The highest BCUT2D eigenvalue weighted by Crippen LogP contribution is 2.52. The summed E-state index contributed by atoms with van der Waals surface area (Å²) in [6.07, 6.45) is -4.10. The molecule has 0 aliphatic carbocycles. The Kier molecular flexibility index (Phi) is 17.1. The molecule has 4 heterocycles. The number of carboxylic acid groups (broad SMARTS) is 1. The quantitative estimate of drug-likeness (QED) is 0.0321. The van der Waals surface area contributed by atoms with Crippen LogP contribution in [0, 0.1) is 42.2 Å². The molecule has 8 atom stereocenters. The summed E-state index contributed by atoms with van der Waals surface area (Å²) in [5.74, 6) is -5.01. The van der Waals surface area contributed by atoms with E-state index in [9.17, 15) is 74.1 Å². The number of aliphatic imine (C=N–C) groups is 1. The zero-order chi connectivity index (χ0) is 55.1. The van der Waals surface area contributed by atoms with E-state index >= 15 is 0 Å². The lowest BCUT2D eigenvalue weighted by Crippen LogP contribution is -2.63. The molecule has 6 amide bonds. The van der Waals surface area contributed by atoms with Crippen molar-refractivity contribution in [1.29, 1.82) is 0 Å². The van der Waals surface area contributed by atoms with Gasteiger partial charge in [0.25, 0.3) is 17.1 Å². The molecule has 0 spiro atoms. The third-order valence-corrected chi connectivity index (χ3v) is 14.4. The molecule has 0 bridgehead atoms. The summed E-state index contributed by atoms with van der Waals surface area (Å²) in [4.78, 5) is 133. The Bertz CT molecular complexity index is 2870. The second-order valence-electron chi connectivity index (χ2n) is 18.1. The smallest absolute Gasteiger partial charge is 0.437 e. The van der Waals surface area contributed by atoms with Crippen LogP contribution in [0.3, 0.4) is 0 Å². The summed E-state index contributed by atoms with van der Waals surface area (Å²) in [7, 11) is 0. The first-order chi connectivity index (χ1) is 36.1.